The standard InChI is InChI=1S/C19H18N8O3/c28-17-4-3-16(18(29)22-17)26-8-12-7-14(1-2-15(12)19(26)30)27-9-13(23-24-27)5-6-25-11-20-10-21-25/h1-2,7,9-11,16H,3-6,8H2,(H,22,28,29). The van der Waals surface area contributed by atoms with Crippen molar-refractivity contribution < 1.29 is 14.4 Å². The van der Waals surface area contributed by atoms with E-state index in [0.29, 0.717) is 31.5 Å². The molecule has 1 unspecified atom stereocenters. The van der Waals surface area contributed by atoms with Crippen LogP contribution in [-0.2, 0) is 29.1 Å². The first-order valence-corrected chi connectivity index (χ1v) is 9.60. The quantitative estimate of drug-likeness (QED) is 0.584. The molecule has 2 aromatic heterocycles. The number of hydrogen-bond donors (Lipinski definition) is 1. The van der Waals surface area contributed by atoms with Crippen molar-refractivity contribution in [3.05, 3.63) is 53.9 Å². The molecule has 4 heterocycles. The number of nitrogens with one attached hydrogen (secondary N) is 1. The fourth-order valence-corrected chi connectivity index (χ4v) is 3.82. The van der Waals surface area contributed by atoms with Gasteiger partial charge in [-0.25, -0.2) is 9.67 Å². The van der Waals surface area contributed by atoms with Gasteiger partial charge >= 0.3 is 0 Å². The van der Waals surface area contributed by atoms with Crippen LogP contribution in [0.2, 0.25) is 0 Å². The van der Waals surface area contributed by atoms with Gasteiger partial charge in [0.2, 0.25) is 11.8 Å². The molecule has 1 saturated heterocycles. The van der Waals surface area contributed by atoms with E-state index in [9.17, 15) is 14.4 Å². The second-order valence-corrected chi connectivity index (χ2v) is 7.30. The van der Waals surface area contributed by atoms with Gasteiger partial charge in [0.1, 0.15) is 18.7 Å². The fraction of sp³-hybridized carbons (Fsp3) is 0.316. The van der Waals surface area contributed by atoms with Crippen molar-refractivity contribution in [3.8, 4) is 5.69 Å². The molecule has 3 amide bonds. The van der Waals surface area contributed by atoms with Crippen LogP contribution in [-0.4, -0.2) is 58.4 Å². The summed E-state index contributed by atoms with van der Waals surface area (Å²) in [5, 5.41) is 14.8. The lowest BCUT2D eigenvalue weighted by Gasteiger charge is -2.29. The van der Waals surface area contributed by atoms with Crippen molar-refractivity contribution in [1.82, 2.24) is 40.0 Å². The third-order valence-electron chi connectivity index (χ3n) is 5.38. The zero-order valence-corrected chi connectivity index (χ0v) is 15.9. The molecule has 1 atom stereocenters. The lowest BCUT2D eigenvalue weighted by Crippen LogP contribution is -2.52. The topological polar surface area (TPSA) is 128 Å². The maximum atomic E-state index is 12.8. The van der Waals surface area contributed by atoms with Crippen LogP contribution >= 0.6 is 0 Å². The van der Waals surface area contributed by atoms with E-state index in [-0.39, 0.29) is 18.2 Å². The molecule has 0 aliphatic carbocycles. The number of amides is 3. The number of piperidine rings is 1. The van der Waals surface area contributed by atoms with Crippen molar-refractivity contribution >= 4 is 17.7 Å². The predicted octanol–water partition coefficient (Wildman–Crippen LogP) is -0.137. The Balaban J connectivity index is 1.32. The number of rotatable bonds is 5. The molecule has 0 radical (unpaired) electrons. The van der Waals surface area contributed by atoms with Gasteiger partial charge in [-0.15, -0.1) is 5.10 Å². The number of imide groups is 1. The Labute approximate surface area is 170 Å². The summed E-state index contributed by atoms with van der Waals surface area (Å²) in [6, 6.07) is 4.81. The Morgan fingerprint density at radius 2 is 2.10 bits per heavy atom. The fourth-order valence-electron chi connectivity index (χ4n) is 3.82. The molecule has 0 spiro atoms. The SMILES string of the molecule is O=C1CCC(N2Cc3cc(-n4cc(CCn5cncn5)nn4)ccc3C2=O)C(=O)N1. The number of aryl methyl sites for hydroxylation is 2. The van der Waals surface area contributed by atoms with Crippen LogP contribution in [0.5, 0.6) is 0 Å². The lowest BCUT2D eigenvalue weighted by atomic mass is 10.0. The third-order valence-corrected chi connectivity index (χ3v) is 5.38. The minimum absolute atomic E-state index is 0.196. The highest BCUT2D eigenvalue weighted by molar-refractivity contribution is 6.05. The minimum Gasteiger partial charge on any atom is -0.322 e. The molecule has 11 nitrogen and oxygen atoms in total. The maximum Gasteiger partial charge on any atom is 0.255 e. The van der Waals surface area contributed by atoms with Gasteiger partial charge in [-0.1, -0.05) is 5.21 Å². The Hall–Kier alpha value is -3.89. The van der Waals surface area contributed by atoms with Crippen molar-refractivity contribution in [1.29, 1.82) is 0 Å². The Morgan fingerprint density at radius 1 is 1.20 bits per heavy atom. The van der Waals surface area contributed by atoms with Gasteiger partial charge in [0, 0.05) is 31.5 Å². The van der Waals surface area contributed by atoms with E-state index in [4.69, 9.17) is 0 Å². The van der Waals surface area contributed by atoms with Crippen molar-refractivity contribution in [3.63, 3.8) is 0 Å². The van der Waals surface area contributed by atoms with Gasteiger partial charge in [0.25, 0.3) is 5.91 Å². The number of hydrogen-bond acceptors (Lipinski definition) is 7. The highest BCUT2D eigenvalue weighted by Crippen LogP contribution is 2.29. The summed E-state index contributed by atoms with van der Waals surface area (Å²) in [7, 11) is 0. The average Bonchev–Trinajstić information content (AvgIpc) is 3.47. The van der Waals surface area contributed by atoms with Gasteiger partial charge in [0.15, 0.2) is 0 Å². The summed E-state index contributed by atoms with van der Waals surface area (Å²) < 4.78 is 3.39. The molecule has 11 heteroatoms. The largest absolute Gasteiger partial charge is 0.322 e. The number of aromatic nitrogens is 6. The molecule has 3 aromatic rings. The molecule has 0 saturated carbocycles. The second-order valence-electron chi connectivity index (χ2n) is 7.30. The normalized spacial score (nSPS) is 18.6. The molecule has 1 aromatic carbocycles. The summed E-state index contributed by atoms with van der Waals surface area (Å²) in [5.74, 6) is -0.910. The zero-order chi connectivity index (χ0) is 20.7. The zero-order valence-electron chi connectivity index (χ0n) is 15.9. The molecule has 152 valence electrons. The Bertz CT molecular complexity index is 1140. The third kappa shape index (κ3) is 3.23. The van der Waals surface area contributed by atoms with Crippen LogP contribution in [0.4, 0.5) is 0 Å². The van der Waals surface area contributed by atoms with Gasteiger partial charge in [0.05, 0.1) is 17.6 Å². The number of fused-ring (bicyclic) bond motifs is 1. The highest BCUT2D eigenvalue weighted by atomic mass is 16.2. The van der Waals surface area contributed by atoms with E-state index in [2.05, 4.69) is 25.7 Å². The highest BCUT2D eigenvalue weighted by Gasteiger charge is 2.39. The number of nitrogens with zero attached hydrogens (tertiary/aromatic N) is 7. The van der Waals surface area contributed by atoms with Gasteiger partial charge in [-0.3, -0.25) is 24.4 Å². The van der Waals surface area contributed by atoms with Gasteiger partial charge < -0.3 is 4.90 Å². The number of carbonyl (C=O) groups excluding carboxylic acids is 3. The molecule has 0 bridgehead atoms. The van der Waals surface area contributed by atoms with E-state index >= 15 is 0 Å². The smallest absolute Gasteiger partial charge is 0.255 e. The predicted molar refractivity (Wildman–Crippen MR) is 101 cm³/mol. The van der Waals surface area contributed by atoms with Crippen molar-refractivity contribution in [2.75, 3.05) is 0 Å². The van der Waals surface area contributed by atoms with Crippen LogP contribution in [0, 0.1) is 0 Å². The molecule has 1 fully saturated rings. The van der Waals surface area contributed by atoms with Crippen molar-refractivity contribution in [2.24, 2.45) is 0 Å². The molecule has 1 N–H and O–H groups in total. The van der Waals surface area contributed by atoms with Crippen LogP contribution in [0.3, 0.4) is 0 Å². The van der Waals surface area contributed by atoms with E-state index < -0.39 is 11.9 Å². The first-order chi connectivity index (χ1) is 14.6. The van der Waals surface area contributed by atoms with Crippen LogP contribution in [0.25, 0.3) is 5.69 Å². The molecule has 2 aliphatic rings. The van der Waals surface area contributed by atoms with E-state index in [1.54, 1.807) is 27.8 Å². The summed E-state index contributed by atoms with van der Waals surface area (Å²) in [4.78, 5) is 41.8. The summed E-state index contributed by atoms with van der Waals surface area (Å²) in [6.45, 7) is 0.973. The molecular weight excluding hydrogens is 388 g/mol. The summed E-state index contributed by atoms with van der Waals surface area (Å²) >= 11 is 0. The summed E-state index contributed by atoms with van der Waals surface area (Å²) in [5.41, 5.74) is 2.98. The lowest BCUT2D eigenvalue weighted by molar-refractivity contribution is -0.136. The van der Waals surface area contributed by atoms with Crippen LogP contribution in [0.1, 0.15) is 34.5 Å². The monoisotopic (exact) mass is 406 g/mol. The van der Waals surface area contributed by atoms with Gasteiger partial charge in [-0.05, 0) is 30.2 Å². The minimum atomic E-state index is -0.624. The first kappa shape index (κ1) is 18.2. The van der Waals surface area contributed by atoms with E-state index in [0.717, 1.165) is 16.9 Å². The van der Waals surface area contributed by atoms with E-state index in [1.807, 2.05) is 12.3 Å². The second kappa shape index (κ2) is 7.17. The van der Waals surface area contributed by atoms with Gasteiger partial charge in [-0.2, -0.15) is 5.10 Å². The van der Waals surface area contributed by atoms with Crippen LogP contribution in [0.15, 0.2) is 37.1 Å². The van der Waals surface area contributed by atoms with Crippen molar-refractivity contribution in [2.45, 2.75) is 38.4 Å². The molecule has 2 aliphatic heterocycles. The molecule has 30 heavy (non-hydrogen) atoms. The molecule has 5 rings (SSSR count). The Morgan fingerprint density at radius 3 is 2.90 bits per heavy atom. The Kier molecular flexibility index (Phi) is 4.34. The number of benzene rings is 1. The van der Waals surface area contributed by atoms with E-state index in [1.165, 1.54) is 11.2 Å². The number of carbonyl (C=O) groups is 3. The average molecular weight is 406 g/mol. The first-order valence-electron chi connectivity index (χ1n) is 9.60. The summed E-state index contributed by atoms with van der Waals surface area (Å²) in [6.07, 6.45) is 6.22. The molecular formula is C19H18N8O3. The maximum absolute atomic E-state index is 12.8. The van der Waals surface area contributed by atoms with Crippen LogP contribution < -0.4 is 5.32 Å².